The SMILES string of the molecule is O=C(O)c1cc(-c2cnc(Nc3ccc(F)c(Cl)c3)nc2N2CCOCC2)cs1. The number of carboxylic acid groups (broad SMARTS) is 1. The van der Waals surface area contributed by atoms with Crippen molar-refractivity contribution in [1.82, 2.24) is 9.97 Å². The lowest BCUT2D eigenvalue weighted by molar-refractivity contribution is 0.0702. The average molecular weight is 435 g/mol. The number of thiophene rings is 1. The smallest absolute Gasteiger partial charge is 0.345 e. The van der Waals surface area contributed by atoms with Crippen LogP contribution in [0.1, 0.15) is 9.67 Å². The first-order valence-electron chi connectivity index (χ1n) is 8.75. The maximum atomic E-state index is 13.4. The van der Waals surface area contributed by atoms with Crippen LogP contribution in [0.5, 0.6) is 0 Å². The third-order valence-corrected chi connectivity index (χ3v) is 5.58. The second kappa shape index (κ2) is 8.32. The van der Waals surface area contributed by atoms with Crippen LogP contribution in [0.3, 0.4) is 0 Å². The molecule has 1 aromatic carbocycles. The number of halogens is 2. The molecule has 4 rings (SSSR count). The zero-order valence-electron chi connectivity index (χ0n) is 15.1. The summed E-state index contributed by atoms with van der Waals surface area (Å²) in [4.78, 5) is 22.6. The van der Waals surface area contributed by atoms with Gasteiger partial charge in [0.15, 0.2) is 0 Å². The van der Waals surface area contributed by atoms with E-state index in [4.69, 9.17) is 16.3 Å². The highest BCUT2D eigenvalue weighted by Crippen LogP contribution is 2.34. The van der Waals surface area contributed by atoms with Crippen molar-refractivity contribution in [3.05, 3.63) is 51.6 Å². The largest absolute Gasteiger partial charge is 0.477 e. The van der Waals surface area contributed by atoms with E-state index in [9.17, 15) is 14.3 Å². The van der Waals surface area contributed by atoms with Gasteiger partial charge in [0, 0.05) is 30.5 Å². The van der Waals surface area contributed by atoms with Crippen molar-refractivity contribution in [2.24, 2.45) is 0 Å². The predicted octanol–water partition coefficient (Wildman–Crippen LogP) is 4.28. The lowest BCUT2D eigenvalue weighted by atomic mass is 10.1. The van der Waals surface area contributed by atoms with Crippen molar-refractivity contribution in [2.45, 2.75) is 0 Å². The van der Waals surface area contributed by atoms with E-state index >= 15 is 0 Å². The summed E-state index contributed by atoms with van der Waals surface area (Å²) in [6.45, 7) is 2.46. The molecule has 10 heteroatoms. The second-order valence-corrected chi connectivity index (χ2v) is 7.61. The fourth-order valence-electron chi connectivity index (χ4n) is 2.95. The van der Waals surface area contributed by atoms with Gasteiger partial charge in [-0.15, -0.1) is 11.3 Å². The first kappa shape index (κ1) is 19.6. The van der Waals surface area contributed by atoms with Crippen molar-refractivity contribution in [3.8, 4) is 11.1 Å². The number of ether oxygens (including phenoxy) is 1. The zero-order chi connectivity index (χ0) is 20.4. The summed E-state index contributed by atoms with van der Waals surface area (Å²) in [5.74, 6) is -0.476. The Labute approximate surface area is 174 Å². The third-order valence-electron chi connectivity index (χ3n) is 4.38. The molecule has 0 spiro atoms. The van der Waals surface area contributed by atoms with Crippen LogP contribution in [0.15, 0.2) is 35.8 Å². The highest BCUT2D eigenvalue weighted by molar-refractivity contribution is 7.12. The molecule has 1 fully saturated rings. The summed E-state index contributed by atoms with van der Waals surface area (Å²) in [7, 11) is 0. The summed E-state index contributed by atoms with van der Waals surface area (Å²) in [6, 6.07) is 5.88. The van der Waals surface area contributed by atoms with Gasteiger partial charge in [0.05, 0.1) is 18.2 Å². The average Bonchev–Trinajstić information content (AvgIpc) is 3.22. The Bertz CT molecular complexity index is 1060. The molecule has 1 aliphatic heterocycles. The van der Waals surface area contributed by atoms with Gasteiger partial charge in [-0.25, -0.2) is 14.2 Å². The van der Waals surface area contributed by atoms with Crippen molar-refractivity contribution >= 4 is 46.4 Å². The molecule has 0 saturated carbocycles. The number of nitrogens with one attached hydrogen (secondary N) is 1. The molecule has 2 aromatic heterocycles. The maximum Gasteiger partial charge on any atom is 0.345 e. The topological polar surface area (TPSA) is 87.6 Å². The van der Waals surface area contributed by atoms with Crippen LogP contribution in [0.2, 0.25) is 5.02 Å². The first-order chi connectivity index (χ1) is 14.0. The molecule has 0 atom stereocenters. The van der Waals surface area contributed by atoms with Crippen LogP contribution in [-0.4, -0.2) is 47.3 Å². The standard InChI is InChI=1S/C19H16ClFN4O3S/c20-14-8-12(1-2-15(14)21)23-19-22-9-13(11-7-16(18(26)27)29-10-11)17(24-19)25-3-5-28-6-4-25/h1-2,7-10H,3-6H2,(H,26,27)(H,22,23,24). The van der Waals surface area contributed by atoms with E-state index in [1.165, 1.54) is 12.1 Å². The number of carboxylic acids is 1. The third kappa shape index (κ3) is 4.31. The molecule has 0 aliphatic carbocycles. The molecule has 150 valence electrons. The Morgan fingerprint density at radius 2 is 2.10 bits per heavy atom. The molecule has 1 aliphatic rings. The number of nitrogens with zero attached hydrogens (tertiary/aromatic N) is 3. The molecule has 0 bridgehead atoms. The van der Waals surface area contributed by atoms with Crippen molar-refractivity contribution < 1.29 is 19.0 Å². The molecule has 0 unspecified atom stereocenters. The Balaban J connectivity index is 1.70. The predicted molar refractivity (Wildman–Crippen MR) is 110 cm³/mol. The van der Waals surface area contributed by atoms with E-state index in [0.29, 0.717) is 43.8 Å². The number of morpholine rings is 1. The number of anilines is 3. The minimum atomic E-state index is -0.971. The van der Waals surface area contributed by atoms with Gasteiger partial charge in [-0.3, -0.25) is 0 Å². The summed E-state index contributed by atoms with van der Waals surface area (Å²) < 4.78 is 18.8. The van der Waals surface area contributed by atoms with Crippen LogP contribution in [0, 0.1) is 5.82 Å². The van der Waals surface area contributed by atoms with Gasteiger partial charge in [-0.05, 0) is 35.2 Å². The zero-order valence-corrected chi connectivity index (χ0v) is 16.6. The molecular weight excluding hydrogens is 419 g/mol. The number of rotatable bonds is 5. The number of aromatic carboxylic acids is 1. The molecule has 2 N–H and O–H groups in total. The molecule has 3 heterocycles. The number of aromatic nitrogens is 2. The van der Waals surface area contributed by atoms with Gasteiger partial charge in [-0.2, -0.15) is 4.98 Å². The number of benzene rings is 1. The van der Waals surface area contributed by atoms with Gasteiger partial charge < -0.3 is 20.1 Å². The fraction of sp³-hybridized carbons (Fsp3) is 0.211. The van der Waals surface area contributed by atoms with Gasteiger partial charge >= 0.3 is 5.97 Å². The number of hydrogen-bond acceptors (Lipinski definition) is 7. The Hall–Kier alpha value is -2.75. The van der Waals surface area contributed by atoms with Crippen molar-refractivity contribution in [2.75, 3.05) is 36.5 Å². The maximum absolute atomic E-state index is 13.4. The highest BCUT2D eigenvalue weighted by Gasteiger charge is 2.20. The monoisotopic (exact) mass is 434 g/mol. The normalized spacial score (nSPS) is 14.1. The minimum Gasteiger partial charge on any atom is -0.477 e. The van der Waals surface area contributed by atoms with E-state index in [1.807, 2.05) is 0 Å². The number of hydrogen-bond donors (Lipinski definition) is 2. The van der Waals surface area contributed by atoms with Crippen molar-refractivity contribution in [3.63, 3.8) is 0 Å². The van der Waals surface area contributed by atoms with Crippen LogP contribution < -0.4 is 10.2 Å². The van der Waals surface area contributed by atoms with Gasteiger partial charge in [0.25, 0.3) is 0 Å². The van der Waals surface area contributed by atoms with Gasteiger partial charge in [0.1, 0.15) is 16.5 Å². The van der Waals surface area contributed by atoms with E-state index in [-0.39, 0.29) is 9.90 Å². The molecule has 0 radical (unpaired) electrons. The van der Waals surface area contributed by atoms with Gasteiger partial charge in [-0.1, -0.05) is 11.6 Å². The van der Waals surface area contributed by atoms with Crippen molar-refractivity contribution in [1.29, 1.82) is 0 Å². The van der Waals surface area contributed by atoms with Gasteiger partial charge in [0.2, 0.25) is 5.95 Å². The molecule has 7 nitrogen and oxygen atoms in total. The molecule has 1 saturated heterocycles. The van der Waals surface area contributed by atoms with E-state index in [1.54, 1.807) is 23.7 Å². The summed E-state index contributed by atoms with van der Waals surface area (Å²) in [5.41, 5.74) is 2.03. The molecule has 29 heavy (non-hydrogen) atoms. The summed E-state index contributed by atoms with van der Waals surface area (Å²) >= 11 is 6.99. The fourth-order valence-corrected chi connectivity index (χ4v) is 3.87. The van der Waals surface area contributed by atoms with E-state index < -0.39 is 11.8 Å². The Morgan fingerprint density at radius 1 is 1.31 bits per heavy atom. The van der Waals surface area contributed by atoms with E-state index in [2.05, 4.69) is 20.2 Å². The Kier molecular flexibility index (Phi) is 5.61. The summed E-state index contributed by atoms with van der Waals surface area (Å²) in [6.07, 6.45) is 1.65. The number of carbonyl (C=O) groups is 1. The second-order valence-electron chi connectivity index (χ2n) is 6.29. The Morgan fingerprint density at radius 3 is 2.79 bits per heavy atom. The summed E-state index contributed by atoms with van der Waals surface area (Å²) in [5, 5.41) is 14.0. The van der Waals surface area contributed by atoms with Crippen LogP contribution >= 0.6 is 22.9 Å². The minimum absolute atomic E-state index is 0.000467. The lowest BCUT2D eigenvalue weighted by Crippen LogP contribution is -2.37. The van der Waals surface area contributed by atoms with Crippen LogP contribution in [-0.2, 0) is 4.74 Å². The molecule has 3 aromatic rings. The first-order valence-corrected chi connectivity index (χ1v) is 10.0. The highest BCUT2D eigenvalue weighted by atomic mass is 35.5. The van der Waals surface area contributed by atoms with Crippen LogP contribution in [0.25, 0.3) is 11.1 Å². The van der Waals surface area contributed by atoms with Crippen LogP contribution in [0.4, 0.5) is 21.8 Å². The lowest BCUT2D eigenvalue weighted by Gasteiger charge is -2.29. The molecular formula is C19H16ClFN4O3S. The quantitative estimate of drug-likeness (QED) is 0.619. The van der Waals surface area contributed by atoms with E-state index in [0.717, 1.165) is 22.5 Å². The molecule has 0 amide bonds.